The molecule has 0 aromatic heterocycles. The average molecular weight is 228 g/mol. The lowest BCUT2D eigenvalue weighted by molar-refractivity contribution is 0.158. The van der Waals surface area contributed by atoms with Crippen molar-refractivity contribution in [3.63, 3.8) is 0 Å². The first kappa shape index (κ1) is 13.9. The Morgan fingerprint density at radius 2 is 2.12 bits per heavy atom. The quantitative estimate of drug-likeness (QED) is 0.716. The molecule has 0 amide bonds. The minimum Gasteiger partial charge on any atom is -0.384 e. The minimum absolute atomic E-state index is 0.618. The van der Waals surface area contributed by atoms with Crippen LogP contribution in [0.5, 0.6) is 0 Å². The second-order valence-corrected chi connectivity index (χ2v) is 5.46. The van der Waals surface area contributed by atoms with Gasteiger partial charge in [-0.2, -0.15) is 0 Å². The van der Waals surface area contributed by atoms with E-state index < -0.39 is 0 Å². The van der Waals surface area contributed by atoms with Gasteiger partial charge in [-0.1, -0.05) is 6.92 Å². The van der Waals surface area contributed by atoms with Gasteiger partial charge in [0.25, 0.3) is 0 Å². The zero-order valence-electron chi connectivity index (χ0n) is 11.3. The molecule has 1 aliphatic rings. The van der Waals surface area contributed by atoms with Crippen molar-refractivity contribution in [3.8, 4) is 0 Å². The summed E-state index contributed by atoms with van der Waals surface area (Å²) in [4.78, 5) is 2.57. The molecular formula is C13H28N2O. The molecule has 2 unspecified atom stereocenters. The van der Waals surface area contributed by atoms with Gasteiger partial charge in [-0.3, -0.25) is 0 Å². The van der Waals surface area contributed by atoms with Crippen LogP contribution in [0.3, 0.4) is 0 Å². The highest BCUT2D eigenvalue weighted by Crippen LogP contribution is 2.17. The van der Waals surface area contributed by atoms with Gasteiger partial charge in [-0.05, 0) is 51.7 Å². The number of nitrogens with one attached hydrogen (secondary N) is 1. The molecule has 0 bridgehead atoms. The molecule has 1 N–H and O–H groups in total. The van der Waals surface area contributed by atoms with Crippen molar-refractivity contribution in [2.24, 2.45) is 11.8 Å². The van der Waals surface area contributed by atoms with Crippen molar-refractivity contribution in [1.29, 1.82) is 0 Å². The van der Waals surface area contributed by atoms with Crippen LogP contribution in [0.15, 0.2) is 0 Å². The molecule has 0 aromatic rings. The van der Waals surface area contributed by atoms with E-state index in [0.717, 1.165) is 25.6 Å². The Morgan fingerprint density at radius 3 is 2.69 bits per heavy atom. The summed E-state index contributed by atoms with van der Waals surface area (Å²) in [6.45, 7) is 12.4. The molecule has 0 radical (unpaired) electrons. The number of methoxy groups -OCH3 is 1. The summed E-state index contributed by atoms with van der Waals surface area (Å²) in [5.41, 5.74) is 0. The number of likely N-dealkylation sites (tertiary alicyclic amines) is 1. The molecule has 1 aliphatic heterocycles. The van der Waals surface area contributed by atoms with Crippen LogP contribution in [-0.2, 0) is 4.74 Å². The lowest BCUT2D eigenvalue weighted by atomic mass is 10.1. The molecule has 0 spiro atoms. The third kappa shape index (κ3) is 4.81. The van der Waals surface area contributed by atoms with E-state index in [1.54, 1.807) is 7.11 Å². The van der Waals surface area contributed by atoms with Crippen molar-refractivity contribution >= 4 is 0 Å². The van der Waals surface area contributed by atoms with Crippen LogP contribution in [0, 0.1) is 11.8 Å². The molecule has 16 heavy (non-hydrogen) atoms. The van der Waals surface area contributed by atoms with Crippen LogP contribution < -0.4 is 5.32 Å². The molecule has 1 fully saturated rings. The first-order valence-electron chi connectivity index (χ1n) is 6.57. The highest BCUT2D eigenvalue weighted by Gasteiger charge is 2.23. The normalized spacial score (nSPS) is 24.2. The Balaban J connectivity index is 2.06. The summed E-state index contributed by atoms with van der Waals surface area (Å²) in [5, 5.41) is 3.56. The molecule has 0 aromatic carbocycles. The first-order chi connectivity index (χ1) is 7.63. The van der Waals surface area contributed by atoms with Crippen LogP contribution in [-0.4, -0.2) is 50.8 Å². The Labute approximate surface area is 101 Å². The molecule has 1 heterocycles. The summed E-state index contributed by atoms with van der Waals surface area (Å²) in [5.74, 6) is 1.46. The van der Waals surface area contributed by atoms with E-state index in [-0.39, 0.29) is 0 Å². The summed E-state index contributed by atoms with van der Waals surface area (Å²) >= 11 is 0. The van der Waals surface area contributed by atoms with Gasteiger partial charge < -0.3 is 15.0 Å². The number of hydrogen-bond acceptors (Lipinski definition) is 3. The summed E-state index contributed by atoms with van der Waals surface area (Å²) in [6, 6.07) is 0.706. The zero-order chi connectivity index (χ0) is 12.0. The molecule has 1 saturated heterocycles. The average Bonchev–Trinajstić information content (AvgIpc) is 2.67. The Bertz CT molecular complexity index is 185. The van der Waals surface area contributed by atoms with E-state index in [1.165, 1.54) is 19.5 Å². The van der Waals surface area contributed by atoms with Crippen molar-refractivity contribution in [2.75, 3.05) is 39.9 Å². The summed E-state index contributed by atoms with van der Waals surface area (Å²) in [6.07, 6.45) is 1.35. The largest absolute Gasteiger partial charge is 0.384 e. The summed E-state index contributed by atoms with van der Waals surface area (Å²) < 4.78 is 5.13. The van der Waals surface area contributed by atoms with Crippen LogP contribution in [0.25, 0.3) is 0 Å². The van der Waals surface area contributed by atoms with Crippen LogP contribution in [0.1, 0.15) is 27.2 Å². The maximum atomic E-state index is 5.13. The van der Waals surface area contributed by atoms with Gasteiger partial charge >= 0.3 is 0 Å². The molecule has 3 nitrogen and oxygen atoms in total. The SMILES string of the molecule is COCC(C)CNCC1CCN(C(C)C)C1. The van der Waals surface area contributed by atoms with Gasteiger partial charge in [0.2, 0.25) is 0 Å². The van der Waals surface area contributed by atoms with Gasteiger partial charge in [0.15, 0.2) is 0 Å². The van der Waals surface area contributed by atoms with Gasteiger partial charge in [0, 0.05) is 26.3 Å². The fourth-order valence-corrected chi connectivity index (χ4v) is 2.38. The van der Waals surface area contributed by atoms with E-state index in [9.17, 15) is 0 Å². The maximum absolute atomic E-state index is 5.13. The van der Waals surface area contributed by atoms with E-state index in [4.69, 9.17) is 4.74 Å². The lowest BCUT2D eigenvalue weighted by Gasteiger charge is -2.20. The molecule has 0 aliphatic carbocycles. The smallest absolute Gasteiger partial charge is 0.0499 e. The highest BCUT2D eigenvalue weighted by atomic mass is 16.5. The van der Waals surface area contributed by atoms with E-state index in [0.29, 0.717) is 12.0 Å². The van der Waals surface area contributed by atoms with Gasteiger partial charge in [0.1, 0.15) is 0 Å². The molecule has 96 valence electrons. The van der Waals surface area contributed by atoms with Crippen LogP contribution >= 0.6 is 0 Å². The zero-order valence-corrected chi connectivity index (χ0v) is 11.3. The van der Waals surface area contributed by atoms with Crippen molar-refractivity contribution in [3.05, 3.63) is 0 Å². The maximum Gasteiger partial charge on any atom is 0.0499 e. The predicted molar refractivity (Wildman–Crippen MR) is 68.7 cm³/mol. The highest BCUT2D eigenvalue weighted by molar-refractivity contribution is 4.79. The van der Waals surface area contributed by atoms with Crippen LogP contribution in [0.2, 0.25) is 0 Å². The fraction of sp³-hybridized carbons (Fsp3) is 1.00. The van der Waals surface area contributed by atoms with Crippen LogP contribution in [0.4, 0.5) is 0 Å². The fourth-order valence-electron chi connectivity index (χ4n) is 2.38. The van der Waals surface area contributed by atoms with E-state index >= 15 is 0 Å². The second-order valence-electron chi connectivity index (χ2n) is 5.46. The van der Waals surface area contributed by atoms with Crippen molar-refractivity contribution in [2.45, 2.75) is 33.2 Å². The Morgan fingerprint density at radius 1 is 1.38 bits per heavy atom. The molecule has 1 rings (SSSR count). The van der Waals surface area contributed by atoms with Gasteiger partial charge in [-0.15, -0.1) is 0 Å². The minimum atomic E-state index is 0.618. The van der Waals surface area contributed by atoms with Crippen molar-refractivity contribution < 1.29 is 4.74 Å². The topological polar surface area (TPSA) is 24.5 Å². The van der Waals surface area contributed by atoms with Gasteiger partial charge in [-0.25, -0.2) is 0 Å². The summed E-state index contributed by atoms with van der Waals surface area (Å²) in [7, 11) is 1.77. The van der Waals surface area contributed by atoms with E-state index in [2.05, 4.69) is 31.0 Å². The molecule has 3 heteroatoms. The molecular weight excluding hydrogens is 200 g/mol. The van der Waals surface area contributed by atoms with Crippen molar-refractivity contribution in [1.82, 2.24) is 10.2 Å². The number of nitrogens with zero attached hydrogens (tertiary/aromatic N) is 1. The second kappa shape index (κ2) is 7.25. The first-order valence-corrected chi connectivity index (χ1v) is 6.57. The van der Waals surface area contributed by atoms with Gasteiger partial charge in [0.05, 0.1) is 0 Å². The monoisotopic (exact) mass is 228 g/mol. The lowest BCUT2D eigenvalue weighted by Crippen LogP contribution is -2.32. The Kier molecular flexibility index (Phi) is 6.32. The molecule has 0 saturated carbocycles. The third-order valence-electron chi connectivity index (χ3n) is 3.42. The third-order valence-corrected chi connectivity index (χ3v) is 3.42. The number of rotatable bonds is 7. The Hall–Kier alpha value is -0.120. The standard InChI is InChI=1S/C13H28N2O/c1-11(2)15-6-5-13(9-15)8-14-7-12(3)10-16-4/h11-14H,5-10H2,1-4H3. The number of ether oxygens (including phenoxy) is 1. The number of hydrogen-bond donors (Lipinski definition) is 1. The predicted octanol–water partition coefficient (Wildman–Crippen LogP) is 1.59. The van der Waals surface area contributed by atoms with E-state index in [1.807, 2.05) is 0 Å². The molecule has 2 atom stereocenters.